The van der Waals surface area contributed by atoms with Crippen LogP contribution < -0.4 is 0 Å². The summed E-state index contributed by atoms with van der Waals surface area (Å²) < 4.78 is 59.3. The summed E-state index contributed by atoms with van der Waals surface area (Å²) in [5.74, 6) is -0.421. The lowest BCUT2D eigenvalue weighted by Gasteiger charge is -2.41. The smallest absolute Gasteiger partial charge is 0.397 e. The summed E-state index contributed by atoms with van der Waals surface area (Å²) in [7, 11) is -5.08. The van der Waals surface area contributed by atoms with Crippen molar-refractivity contribution in [2.45, 2.75) is 218 Å². The Kier molecular flexibility index (Phi) is 44.7. The summed E-state index contributed by atoms with van der Waals surface area (Å²) in [6, 6.07) is 0. The number of carbonyl (C=O) groups is 1. The highest BCUT2D eigenvalue weighted by Crippen LogP contribution is 2.26. The summed E-state index contributed by atoms with van der Waals surface area (Å²) in [5, 5.41) is 30.8. The van der Waals surface area contributed by atoms with Crippen LogP contribution in [0.25, 0.3) is 0 Å². The maximum Gasteiger partial charge on any atom is 0.397 e. The van der Waals surface area contributed by atoms with Gasteiger partial charge in [0.05, 0.1) is 19.8 Å². The van der Waals surface area contributed by atoms with Crippen LogP contribution in [0.2, 0.25) is 0 Å². The van der Waals surface area contributed by atoms with E-state index < -0.39 is 59.8 Å². The van der Waals surface area contributed by atoms with Crippen molar-refractivity contribution in [1.82, 2.24) is 0 Å². The molecule has 6 atom stereocenters. The molecular formula is C59H96O12S. The first-order chi connectivity index (χ1) is 35.1. The lowest BCUT2D eigenvalue weighted by molar-refractivity contribution is -0.301. The molecule has 0 aromatic heterocycles. The minimum atomic E-state index is -5.08. The average Bonchev–Trinajstić information content (AvgIpc) is 3.36. The molecule has 0 saturated carbocycles. The van der Waals surface area contributed by atoms with Crippen LogP contribution in [0.5, 0.6) is 0 Å². The van der Waals surface area contributed by atoms with Crippen LogP contribution in [0.15, 0.2) is 122 Å². The molecule has 72 heavy (non-hydrogen) atoms. The topological polar surface area (TPSA) is 178 Å². The van der Waals surface area contributed by atoms with Gasteiger partial charge in [-0.05, 0) is 103 Å². The lowest BCUT2D eigenvalue weighted by Crippen LogP contribution is -2.60. The fourth-order valence-corrected chi connectivity index (χ4v) is 8.06. The van der Waals surface area contributed by atoms with E-state index in [-0.39, 0.29) is 19.6 Å². The van der Waals surface area contributed by atoms with Gasteiger partial charge in [-0.25, -0.2) is 4.18 Å². The van der Waals surface area contributed by atoms with E-state index in [0.717, 1.165) is 116 Å². The van der Waals surface area contributed by atoms with Crippen LogP contribution in [-0.4, -0.2) is 97.5 Å². The Morgan fingerprint density at radius 2 is 0.917 bits per heavy atom. The fraction of sp³-hybridized carbons (Fsp3) is 0.644. The molecule has 0 aromatic carbocycles. The molecule has 1 heterocycles. The van der Waals surface area contributed by atoms with Gasteiger partial charge in [-0.1, -0.05) is 193 Å². The molecule has 4 N–H and O–H groups in total. The van der Waals surface area contributed by atoms with Crippen LogP contribution in [0.3, 0.4) is 0 Å². The number of aliphatic hydroxyl groups excluding tert-OH is 3. The second-order valence-corrected chi connectivity index (χ2v) is 19.1. The van der Waals surface area contributed by atoms with E-state index in [1.807, 2.05) is 0 Å². The van der Waals surface area contributed by atoms with Crippen molar-refractivity contribution in [2.24, 2.45) is 0 Å². The molecule has 12 nitrogen and oxygen atoms in total. The highest BCUT2D eigenvalue weighted by molar-refractivity contribution is 7.80. The van der Waals surface area contributed by atoms with Gasteiger partial charge in [0, 0.05) is 13.0 Å². The number of hydrogen-bond acceptors (Lipinski definition) is 11. The molecule has 410 valence electrons. The van der Waals surface area contributed by atoms with Crippen LogP contribution >= 0.6 is 0 Å². The third-order valence-electron chi connectivity index (χ3n) is 11.6. The molecule has 1 fully saturated rings. The highest BCUT2D eigenvalue weighted by Gasteiger charge is 2.48. The third-order valence-corrected chi connectivity index (χ3v) is 12.0. The lowest BCUT2D eigenvalue weighted by atomic mass is 9.99. The number of esters is 1. The zero-order valence-electron chi connectivity index (χ0n) is 44.2. The summed E-state index contributed by atoms with van der Waals surface area (Å²) in [6.45, 7) is 3.67. The van der Waals surface area contributed by atoms with E-state index in [1.54, 1.807) is 0 Å². The molecule has 1 saturated heterocycles. The van der Waals surface area contributed by atoms with Gasteiger partial charge in [0.2, 0.25) is 0 Å². The number of rotatable bonds is 46. The van der Waals surface area contributed by atoms with Gasteiger partial charge in [-0.2, -0.15) is 8.42 Å². The van der Waals surface area contributed by atoms with Crippen molar-refractivity contribution in [3.05, 3.63) is 122 Å². The van der Waals surface area contributed by atoms with Gasteiger partial charge < -0.3 is 34.3 Å². The molecule has 0 radical (unpaired) electrons. The van der Waals surface area contributed by atoms with E-state index >= 15 is 0 Å². The second-order valence-electron chi connectivity index (χ2n) is 18.1. The Balaban J connectivity index is 2.38. The molecule has 0 aromatic rings. The number of unbranched alkanes of at least 4 members (excludes halogenated alkanes) is 13. The largest absolute Gasteiger partial charge is 0.457 e. The van der Waals surface area contributed by atoms with E-state index in [1.165, 1.54) is 38.5 Å². The second kappa shape index (κ2) is 48.4. The number of aliphatic hydroxyl groups is 3. The Labute approximate surface area is 436 Å². The summed E-state index contributed by atoms with van der Waals surface area (Å²) >= 11 is 0. The third kappa shape index (κ3) is 40.9. The molecule has 0 bridgehead atoms. The van der Waals surface area contributed by atoms with Crippen molar-refractivity contribution < 1.29 is 56.2 Å². The van der Waals surface area contributed by atoms with Gasteiger partial charge in [-0.3, -0.25) is 9.35 Å². The molecule has 0 spiro atoms. The van der Waals surface area contributed by atoms with Gasteiger partial charge in [-0.15, -0.1) is 0 Å². The standard InChI is InChI=1S/C59H96O12S/c1-3-5-7-9-11-13-15-17-19-21-23-25-27-28-30-32-34-36-38-40-42-44-46-48-55(61)69-53(52-68-59-57(63)58(71-72(64,65)66)56(62)54(50-60)70-59)51-67-49-47-45-43-41-39-37-35-33-31-29-26-24-22-20-18-16-14-12-10-8-6-4-2/h5-8,11-14,17-20,23-26,31,33,37,39,53-54,56-60,62-63H,3-4,9-10,15-16,21-22,27-30,32,34-36,38,40-52H2,1-2H3,(H,64,65,66)/b7-5-,8-6-,13-11-,14-12-,19-17-,20-18-,25-23-,26-24-,33-31-,39-37-. The monoisotopic (exact) mass is 1030 g/mol. The minimum Gasteiger partial charge on any atom is -0.457 e. The van der Waals surface area contributed by atoms with E-state index in [2.05, 4.69) is 140 Å². The number of allylic oxidation sites excluding steroid dienone is 20. The quantitative estimate of drug-likeness (QED) is 0.0197. The van der Waals surface area contributed by atoms with Crippen LogP contribution in [0.1, 0.15) is 181 Å². The molecule has 0 amide bonds. The molecule has 13 heteroatoms. The highest BCUT2D eigenvalue weighted by atomic mass is 32.3. The van der Waals surface area contributed by atoms with E-state index in [9.17, 15) is 33.1 Å². The number of ether oxygens (including phenoxy) is 4. The van der Waals surface area contributed by atoms with Crippen molar-refractivity contribution in [3.8, 4) is 0 Å². The van der Waals surface area contributed by atoms with Crippen molar-refractivity contribution in [1.29, 1.82) is 0 Å². The van der Waals surface area contributed by atoms with Crippen LogP contribution in [0.4, 0.5) is 0 Å². The summed E-state index contributed by atoms with van der Waals surface area (Å²) in [5.41, 5.74) is 0. The minimum absolute atomic E-state index is 0.00312. The summed E-state index contributed by atoms with van der Waals surface area (Å²) in [6.07, 6.45) is 60.8. The molecule has 1 aliphatic heterocycles. The van der Waals surface area contributed by atoms with Crippen molar-refractivity contribution >= 4 is 16.4 Å². The zero-order valence-corrected chi connectivity index (χ0v) is 45.0. The van der Waals surface area contributed by atoms with Gasteiger partial charge in [0.1, 0.15) is 30.5 Å². The van der Waals surface area contributed by atoms with Crippen molar-refractivity contribution in [3.63, 3.8) is 0 Å². The first-order valence-corrected chi connectivity index (χ1v) is 28.7. The maximum atomic E-state index is 12.9. The normalized spacial score (nSPS) is 19.9. The fourth-order valence-electron chi connectivity index (χ4n) is 7.55. The Bertz CT molecular complexity index is 1710. The van der Waals surface area contributed by atoms with Crippen LogP contribution in [0, 0.1) is 0 Å². The average molecular weight is 1030 g/mol. The molecule has 0 aliphatic carbocycles. The maximum absolute atomic E-state index is 12.9. The molecule has 6 unspecified atom stereocenters. The Hall–Kier alpha value is -3.50. The summed E-state index contributed by atoms with van der Waals surface area (Å²) in [4.78, 5) is 12.9. The van der Waals surface area contributed by atoms with Gasteiger partial charge >= 0.3 is 16.4 Å². The van der Waals surface area contributed by atoms with E-state index in [0.29, 0.717) is 13.0 Å². The predicted molar refractivity (Wildman–Crippen MR) is 294 cm³/mol. The first kappa shape index (κ1) is 66.5. The zero-order chi connectivity index (χ0) is 52.4. The Morgan fingerprint density at radius 3 is 1.33 bits per heavy atom. The van der Waals surface area contributed by atoms with E-state index in [4.69, 9.17) is 18.9 Å². The molecular weight excluding hydrogens is 933 g/mol. The van der Waals surface area contributed by atoms with Gasteiger partial charge in [0.15, 0.2) is 6.29 Å². The first-order valence-electron chi connectivity index (χ1n) is 27.3. The van der Waals surface area contributed by atoms with Crippen molar-refractivity contribution in [2.75, 3.05) is 26.4 Å². The predicted octanol–water partition coefficient (Wildman–Crippen LogP) is 13.3. The van der Waals surface area contributed by atoms with Gasteiger partial charge in [0.25, 0.3) is 0 Å². The Morgan fingerprint density at radius 1 is 0.528 bits per heavy atom. The number of carbonyl (C=O) groups excluding carboxylic acids is 1. The number of hydrogen-bond donors (Lipinski definition) is 4. The molecule has 1 aliphatic rings. The van der Waals surface area contributed by atoms with Crippen LogP contribution in [-0.2, 0) is 38.3 Å². The SMILES string of the molecule is CC/C=C\C/C=C\C/C=C\C/C=C\C/C=C\C/C=C\CCCCCOCC(COC1OC(CO)C(O)C(OS(=O)(=O)O)C1O)OC(=O)CCCCCCCCCCCC/C=C\C/C=C\C/C=C\C/C=C\CC. The molecule has 1 rings (SSSR count).